The quantitative estimate of drug-likeness (QED) is 0.811. The third-order valence-electron chi connectivity index (χ3n) is 5.21. The highest BCUT2D eigenvalue weighted by Gasteiger charge is 2.31. The molecular formula is C20H27N3O5. The molecule has 2 fully saturated rings. The number of hydrogen-bond acceptors (Lipinski definition) is 4. The van der Waals surface area contributed by atoms with Crippen molar-refractivity contribution in [3.05, 3.63) is 35.4 Å². The Morgan fingerprint density at radius 2 is 1.93 bits per heavy atom. The van der Waals surface area contributed by atoms with Gasteiger partial charge in [0.15, 0.2) is 0 Å². The number of morpholine rings is 1. The predicted octanol–water partition coefficient (Wildman–Crippen LogP) is 1.41. The topological polar surface area (TPSA) is 99.2 Å². The van der Waals surface area contributed by atoms with Crippen molar-refractivity contribution >= 4 is 17.9 Å². The fraction of sp³-hybridized carbons (Fsp3) is 0.550. The second-order valence-electron chi connectivity index (χ2n) is 7.54. The molecule has 2 unspecified atom stereocenters. The van der Waals surface area contributed by atoms with Crippen molar-refractivity contribution in [2.24, 2.45) is 11.8 Å². The van der Waals surface area contributed by atoms with Crippen molar-refractivity contribution in [2.75, 3.05) is 39.4 Å². The Balaban J connectivity index is 1.57. The first kappa shape index (κ1) is 20.1. The fourth-order valence-electron chi connectivity index (χ4n) is 3.75. The van der Waals surface area contributed by atoms with Crippen molar-refractivity contribution in [3.8, 4) is 0 Å². The highest BCUT2D eigenvalue weighted by Crippen LogP contribution is 2.22. The zero-order chi connectivity index (χ0) is 20.1. The van der Waals surface area contributed by atoms with Gasteiger partial charge in [0.25, 0.3) is 5.91 Å². The molecule has 2 atom stereocenters. The summed E-state index contributed by atoms with van der Waals surface area (Å²) < 4.78 is 5.28. The molecule has 3 rings (SSSR count). The van der Waals surface area contributed by atoms with Gasteiger partial charge in [-0.2, -0.15) is 0 Å². The van der Waals surface area contributed by atoms with E-state index >= 15 is 0 Å². The maximum atomic E-state index is 12.6. The van der Waals surface area contributed by atoms with E-state index in [0.717, 1.165) is 5.56 Å². The van der Waals surface area contributed by atoms with E-state index in [-0.39, 0.29) is 30.9 Å². The average molecular weight is 389 g/mol. The molecule has 0 aliphatic carbocycles. The molecule has 2 aliphatic heterocycles. The molecule has 2 aliphatic rings. The van der Waals surface area contributed by atoms with Gasteiger partial charge in [-0.05, 0) is 30.0 Å². The van der Waals surface area contributed by atoms with Gasteiger partial charge in [-0.3, -0.25) is 9.59 Å². The summed E-state index contributed by atoms with van der Waals surface area (Å²) >= 11 is 0. The monoisotopic (exact) mass is 389 g/mol. The van der Waals surface area contributed by atoms with E-state index in [4.69, 9.17) is 4.74 Å². The van der Waals surface area contributed by atoms with E-state index < -0.39 is 11.9 Å². The number of carbonyl (C=O) groups is 3. The van der Waals surface area contributed by atoms with E-state index in [9.17, 15) is 19.5 Å². The van der Waals surface area contributed by atoms with Crippen molar-refractivity contribution in [2.45, 2.75) is 19.9 Å². The first-order valence-electron chi connectivity index (χ1n) is 9.65. The summed E-state index contributed by atoms with van der Waals surface area (Å²) in [5.41, 5.74) is 1.42. The van der Waals surface area contributed by atoms with Crippen molar-refractivity contribution in [1.82, 2.24) is 15.1 Å². The van der Waals surface area contributed by atoms with Crippen molar-refractivity contribution in [1.29, 1.82) is 0 Å². The van der Waals surface area contributed by atoms with Crippen LogP contribution in [0.15, 0.2) is 24.3 Å². The largest absolute Gasteiger partial charge is 0.481 e. The van der Waals surface area contributed by atoms with Crippen LogP contribution < -0.4 is 5.32 Å². The Morgan fingerprint density at radius 3 is 2.64 bits per heavy atom. The standard InChI is InChI=1S/C20H27N3O5/c1-14-9-17(19(25)26)13-23(12-14)20(27)21-11-15-3-2-4-16(10-15)18(24)22-5-7-28-8-6-22/h2-4,10,14,17H,5-9,11-13H2,1H3,(H,21,27)(H,25,26). The van der Waals surface area contributed by atoms with Crippen LogP contribution in [-0.2, 0) is 16.1 Å². The van der Waals surface area contributed by atoms with Crippen LogP contribution in [0.2, 0.25) is 0 Å². The number of carboxylic acids is 1. The molecule has 0 radical (unpaired) electrons. The number of nitrogens with zero attached hydrogens (tertiary/aromatic N) is 2. The lowest BCUT2D eigenvalue weighted by molar-refractivity contribution is -0.143. The molecule has 8 nitrogen and oxygen atoms in total. The number of carboxylic acid groups (broad SMARTS) is 1. The number of amides is 3. The third kappa shape index (κ3) is 5.01. The second-order valence-corrected chi connectivity index (χ2v) is 7.54. The Morgan fingerprint density at radius 1 is 1.18 bits per heavy atom. The zero-order valence-corrected chi connectivity index (χ0v) is 16.1. The van der Waals surface area contributed by atoms with Gasteiger partial charge in [0.05, 0.1) is 19.1 Å². The summed E-state index contributed by atoms with van der Waals surface area (Å²) in [4.78, 5) is 39.7. The van der Waals surface area contributed by atoms with E-state index in [0.29, 0.717) is 44.8 Å². The van der Waals surface area contributed by atoms with Crippen LogP contribution >= 0.6 is 0 Å². The molecule has 1 aromatic carbocycles. The Kier molecular flexibility index (Phi) is 6.51. The molecule has 1 aromatic rings. The van der Waals surface area contributed by atoms with Gasteiger partial charge in [0.1, 0.15) is 0 Å². The van der Waals surface area contributed by atoms with Crippen LogP contribution in [0.3, 0.4) is 0 Å². The number of rotatable bonds is 4. The Bertz CT molecular complexity index is 732. The van der Waals surface area contributed by atoms with Gasteiger partial charge in [0, 0.05) is 38.3 Å². The average Bonchev–Trinajstić information content (AvgIpc) is 2.71. The number of nitrogens with one attached hydrogen (secondary N) is 1. The predicted molar refractivity (Wildman–Crippen MR) is 102 cm³/mol. The highest BCUT2D eigenvalue weighted by atomic mass is 16.5. The zero-order valence-electron chi connectivity index (χ0n) is 16.1. The lowest BCUT2D eigenvalue weighted by Crippen LogP contribution is -2.49. The number of ether oxygens (including phenoxy) is 1. The molecule has 0 spiro atoms. The van der Waals surface area contributed by atoms with Crippen molar-refractivity contribution < 1.29 is 24.2 Å². The number of aliphatic carboxylic acids is 1. The summed E-state index contributed by atoms with van der Waals surface area (Å²) in [5, 5.41) is 12.1. The van der Waals surface area contributed by atoms with Crippen molar-refractivity contribution in [3.63, 3.8) is 0 Å². The third-order valence-corrected chi connectivity index (χ3v) is 5.21. The number of hydrogen-bond donors (Lipinski definition) is 2. The van der Waals surface area contributed by atoms with Crippen LogP contribution in [0, 0.1) is 11.8 Å². The lowest BCUT2D eigenvalue weighted by atomic mass is 9.91. The fourth-order valence-corrected chi connectivity index (χ4v) is 3.75. The van der Waals surface area contributed by atoms with Crippen LogP contribution in [-0.4, -0.2) is 72.2 Å². The molecule has 3 amide bonds. The minimum Gasteiger partial charge on any atom is -0.481 e. The van der Waals surface area contributed by atoms with E-state index in [1.54, 1.807) is 28.0 Å². The molecule has 2 heterocycles. The number of urea groups is 1. The first-order chi connectivity index (χ1) is 13.4. The smallest absolute Gasteiger partial charge is 0.317 e. The molecule has 152 valence electrons. The number of likely N-dealkylation sites (tertiary alicyclic amines) is 1. The Hall–Kier alpha value is -2.61. The molecule has 0 saturated carbocycles. The van der Waals surface area contributed by atoms with Crippen LogP contribution in [0.25, 0.3) is 0 Å². The SMILES string of the molecule is CC1CC(C(=O)O)CN(C(=O)NCc2cccc(C(=O)N3CCOCC3)c2)C1. The number of benzene rings is 1. The van der Waals surface area contributed by atoms with Gasteiger partial charge in [-0.15, -0.1) is 0 Å². The summed E-state index contributed by atoms with van der Waals surface area (Å²) in [7, 11) is 0. The molecular weight excluding hydrogens is 362 g/mol. The second kappa shape index (κ2) is 9.05. The van der Waals surface area contributed by atoms with E-state index in [1.165, 1.54) is 0 Å². The molecule has 28 heavy (non-hydrogen) atoms. The molecule has 2 N–H and O–H groups in total. The van der Waals surface area contributed by atoms with Crippen LogP contribution in [0.5, 0.6) is 0 Å². The summed E-state index contributed by atoms with van der Waals surface area (Å²) in [6, 6.07) is 6.94. The normalized spacial score (nSPS) is 22.6. The van der Waals surface area contributed by atoms with Gasteiger partial charge >= 0.3 is 12.0 Å². The lowest BCUT2D eigenvalue weighted by Gasteiger charge is -2.34. The maximum Gasteiger partial charge on any atom is 0.317 e. The summed E-state index contributed by atoms with van der Waals surface area (Å²) in [6.07, 6.45) is 0.588. The number of piperidine rings is 1. The summed E-state index contributed by atoms with van der Waals surface area (Å²) in [6.45, 7) is 5.27. The van der Waals surface area contributed by atoms with Gasteiger partial charge in [-0.25, -0.2) is 4.79 Å². The number of carbonyl (C=O) groups excluding carboxylic acids is 2. The molecule has 0 bridgehead atoms. The first-order valence-corrected chi connectivity index (χ1v) is 9.65. The summed E-state index contributed by atoms with van der Waals surface area (Å²) in [5.74, 6) is -1.27. The highest BCUT2D eigenvalue weighted by molar-refractivity contribution is 5.94. The van der Waals surface area contributed by atoms with Crippen LogP contribution in [0.4, 0.5) is 4.79 Å². The molecule has 0 aromatic heterocycles. The Labute approximate surface area is 164 Å². The van der Waals surface area contributed by atoms with Gasteiger partial charge < -0.3 is 25.0 Å². The minimum absolute atomic E-state index is 0.0365. The minimum atomic E-state index is -0.862. The molecule has 2 saturated heterocycles. The van der Waals surface area contributed by atoms with E-state index in [2.05, 4.69) is 5.32 Å². The van der Waals surface area contributed by atoms with E-state index in [1.807, 2.05) is 13.0 Å². The van der Waals surface area contributed by atoms with Crippen LogP contribution in [0.1, 0.15) is 29.3 Å². The molecule has 8 heteroatoms. The van der Waals surface area contributed by atoms with Gasteiger partial charge in [0.2, 0.25) is 0 Å². The van der Waals surface area contributed by atoms with Gasteiger partial charge in [-0.1, -0.05) is 19.1 Å². The maximum absolute atomic E-state index is 12.6.